The summed E-state index contributed by atoms with van der Waals surface area (Å²) >= 11 is 1.55. The Labute approximate surface area is 377 Å². The Morgan fingerprint density at radius 1 is 0.429 bits per heavy atom. The molecule has 2 aliphatic rings. The molecule has 2 nitrogen and oxygen atoms in total. The van der Waals surface area contributed by atoms with Gasteiger partial charge in [0.2, 0.25) is 0 Å². The van der Waals surface area contributed by atoms with Crippen LogP contribution in [0.4, 0.5) is 0 Å². The van der Waals surface area contributed by atoms with Gasteiger partial charge in [-0.15, -0.1) is 11.3 Å². The fourth-order valence-electron chi connectivity index (χ4n) is 11.7. The number of aromatic nitrogens is 2. The molecule has 1 aliphatic carbocycles. The number of benzene rings is 10. The van der Waals surface area contributed by atoms with Gasteiger partial charge in [-0.2, -0.15) is 0 Å². The van der Waals surface area contributed by atoms with Crippen LogP contribution in [0.5, 0.6) is 0 Å². The number of fused-ring (bicyclic) bond motifs is 23. The summed E-state index contributed by atoms with van der Waals surface area (Å²) in [6.45, 7) is 4.88. The van der Waals surface area contributed by atoms with Gasteiger partial charge in [-0.3, -0.25) is 0 Å². The maximum atomic E-state index is 2.62. The van der Waals surface area contributed by atoms with Crippen LogP contribution in [0, 0.1) is 7.14 Å². The van der Waals surface area contributed by atoms with Crippen molar-refractivity contribution in [3.63, 3.8) is 0 Å². The van der Waals surface area contributed by atoms with Crippen molar-refractivity contribution in [1.82, 2.24) is 9.13 Å². The normalized spacial score (nSPS) is 14.1. The molecular weight excluding hydrogens is 896 g/mol. The number of thiophene rings is 1. The van der Waals surface area contributed by atoms with Crippen LogP contribution in [0.15, 0.2) is 182 Å². The summed E-state index contributed by atoms with van der Waals surface area (Å²) in [5.74, 6) is 0. The first kappa shape index (κ1) is 34.8. The molecule has 4 heteroatoms. The molecule has 0 amide bonds. The molecule has 0 spiro atoms. The molecule has 15 rings (SSSR count). The number of rotatable bonds is 2. The molecule has 0 saturated carbocycles. The van der Waals surface area contributed by atoms with Gasteiger partial charge in [0.05, 0.1) is 4.70 Å². The molecule has 10 aromatic carbocycles. The van der Waals surface area contributed by atoms with Crippen molar-refractivity contribution < 1.29 is 21.2 Å². The number of para-hydroxylation sites is 2. The Morgan fingerprint density at radius 3 is 1.59 bits per heavy atom. The molecule has 0 saturated heterocycles. The van der Waals surface area contributed by atoms with Gasteiger partial charge in [-0.25, -0.2) is 0 Å². The fraction of sp³-hybridized carbons (Fsp3) is 0.0508. The van der Waals surface area contributed by atoms with Gasteiger partial charge in [0.25, 0.3) is 0 Å². The molecule has 1 aliphatic heterocycles. The molecule has 0 N–H and O–H groups in total. The van der Waals surface area contributed by atoms with Gasteiger partial charge >= 0.3 is 254 Å². The van der Waals surface area contributed by atoms with Gasteiger partial charge in [-0.1, -0.05) is 60.7 Å². The van der Waals surface area contributed by atoms with E-state index in [-0.39, 0.29) is 26.6 Å². The molecule has 0 atom stereocenters. The van der Waals surface area contributed by atoms with Crippen molar-refractivity contribution in [2.45, 2.75) is 19.3 Å². The summed E-state index contributed by atoms with van der Waals surface area (Å²) in [6.07, 6.45) is 0. The quantitative estimate of drug-likeness (QED) is 0.153. The zero-order chi connectivity index (χ0) is 41.3. The summed E-state index contributed by atoms with van der Waals surface area (Å²) in [4.78, 5) is 0. The van der Waals surface area contributed by atoms with E-state index >= 15 is 0 Å². The second kappa shape index (κ2) is 12.3. The molecule has 296 valence electrons. The van der Waals surface area contributed by atoms with E-state index in [2.05, 4.69) is 205 Å². The zero-order valence-electron chi connectivity index (χ0n) is 34.5. The number of halogens is 1. The first-order valence-electron chi connectivity index (χ1n) is 21.8. The molecule has 0 bridgehead atoms. The van der Waals surface area contributed by atoms with E-state index in [1.165, 1.54) is 134 Å². The van der Waals surface area contributed by atoms with Crippen LogP contribution in [0.3, 0.4) is 0 Å². The van der Waals surface area contributed by atoms with E-state index < -0.39 is 0 Å². The van der Waals surface area contributed by atoms with Crippen LogP contribution in [-0.2, 0) is 5.41 Å². The zero-order valence-corrected chi connectivity index (χ0v) is 37.5. The molecule has 0 unspecified atom stereocenters. The van der Waals surface area contributed by atoms with Gasteiger partial charge in [0.15, 0.2) is 0 Å². The second-order valence-electron chi connectivity index (χ2n) is 17.9. The summed E-state index contributed by atoms with van der Waals surface area (Å²) < 4.78 is 10.9. The third kappa shape index (κ3) is 4.38. The first-order valence-corrected chi connectivity index (χ1v) is 24.8. The first-order chi connectivity index (χ1) is 31.0. The number of hydrogen-bond donors (Lipinski definition) is 0. The van der Waals surface area contributed by atoms with Crippen LogP contribution >= 0.6 is 11.3 Å². The van der Waals surface area contributed by atoms with E-state index in [0.717, 1.165) is 0 Å². The van der Waals surface area contributed by atoms with Crippen LogP contribution in [0.2, 0.25) is 0 Å². The second-order valence-corrected chi connectivity index (χ2v) is 21.7. The molecule has 63 heavy (non-hydrogen) atoms. The Bertz CT molecular complexity index is 4210. The summed E-state index contributed by atoms with van der Waals surface area (Å²) in [7, 11) is 0. The van der Waals surface area contributed by atoms with Crippen molar-refractivity contribution in [3.05, 3.63) is 200 Å². The molecule has 0 radical (unpaired) electrons. The minimum atomic E-state index is -0.383. The van der Waals surface area contributed by atoms with Crippen molar-refractivity contribution in [1.29, 1.82) is 0 Å². The summed E-state index contributed by atoms with van der Waals surface area (Å²) in [5, 5.41) is 13.4. The van der Waals surface area contributed by atoms with E-state index in [9.17, 15) is 0 Å². The average Bonchev–Trinajstić information content (AvgIpc) is 4.13. The summed E-state index contributed by atoms with van der Waals surface area (Å²) in [6, 6.07) is 69.0. The Kier molecular flexibility index (Phi) is 6.77. The van der Waals surface area contributed by atoms with Crippen LogP contribution in [0.25, 0.3) is 119 Å². The van der Waals surface area contributed by atoms with Crippen LogP contribution < -0.4 is 21.2 Å². The molecule has 3 aromatic heterocycles. The van der Waals surface area contributed by atoms with Crippen LogP contribution in [-0.4, -0.2) is 9.13 Å². The predicted molar refractivity (Wildman–Crippen MR) is 263 cm³/mol. The van der Waals surface area contributed by atoms with E-state index in [0.29, 0.717) is 0 Å². The molecule has 4 heterocycles. The standard InChI is InChI=1S/C59H36IN2S/c1-59(2)45-31-33(61-48-24-12-8-20-42(48)52-38-16-4-3-15-37(38)51-41-19-7-11-23-47(41)60-55(51)56(52)61)27-29-35(45)36-30-28-34(32-46(36)59)62-49-25-13-9-21-43(49)53-39-17-5-6-18-40(39)54-44-22-10-14-26-50(44)63-58(54)57(53)62/h3-32H,1-2H3/q-1. The van der Waals surface area contributed by atoms with Gasteiger partial charge in [0, 0.05) is 26.2 Å². The molecule has 13 aromatic rings. The fourth-order valence-corrected chi connectivity index (χ4v) is 16.3. The Morgan fingerprint density at radius 2 is 0.921 bits per heavy atom. The van der Waals surface area contributed by atoms with Gasteiger partial charge in [-0.05, 0) is 22.9 Å². The Balaban J connectivity index is 0.967. The third-order valence-corrected chi connectivity index (χ3v) is 18.7. The van der Waals surface area contributed by atoms with Crippen molar-refractivity contribution in [2.24, 2.45) is 0 Å². The number of hydrogen-bond acceptors (Lipinski definition) is 1. The minimum absolute atomic E-state index is 0.231. The van der Waals surface area contributed by atoms with Gasteiger partial charge in [0.1, 0.15) is 0 Å². The van der Waals surface area contributed by atoms with Gasteiger partial charge < -0.3 is 0 Å². The van der Waals surface area contributed by atoms with Crippen molar-refractivity contribution in [3.8, 4) is 33.6 Å². The van der Waals surface area contributed by atoms with E-state index in [1.807, 2.05) is 11.3 Å². The van der Waals surface area contributed by atoms with Crippen molar-refractivity contribution >= 4 is 96.7 Å². The third-order valence-electron chi connectivity index (χ3n) is 14.4. The SMILES string of the molecule is CC1(C)c2cc(-n3c4ccccc4c4c5ccccc5c5c(c43)[I-]c3ccccc3-5)ccc2-c2ccc(-n3c4ccccc4c4c5ccccc5c5c6ccccc6sc5c43)cc21. The average molecular weight is 932 g/mol. The monoisotopic (exact) mass is 931 g/mol. The molecular formula is C59H36IN2S-. The van der Waals surface area contributed by atoms with Crippen molar-refractivity contribution in [2.75, 3.05) is 0 Å². The Hall–Kier alpha value is -6.73. The molecule has 0 fully saturated rings. The topological polar surface area (TPSA) is 9.86 Å². The van der Waals surface area contributed by atoms with Crippen LogP contribution in [0.1, 0.15) is 25.0 Å². The maximum absolute atomic E-state index is 2.62. The summed E-state index contributed by atoms with van der Waals surface area (Å²) in [5.41, 5.74) is 15.7. The number of nitrogens with zero attached hydrogens (tertiary/aromatic N) is 2. The van der Waals surface area contributed by atoms with E-state index in [1.54, 1.807) is 3.57 Å². The van der Waals surface area contributed by atoms with E-state index in [4.69, 9.17) is 0 Å². The predicted octanol–water partition coefficient (Wildman–Crippen LogP) is 13.0.